The van der Waals surface area contributed by atoms with Gasteiger partial charge in [0.05, 0.1) is 45.6 Å². The minimum absolute atomic E-state index is 0. The summed E-state index contributed by atoms with van der Waals surface area (Å²) in [6.07, 6.45) is 0. The van der Waals surface area contributed by atoms with Crippen molar-refractivity contribution in [1.82, 2.24) is 0 Å². The number of hydrogen-bond acceptors (Lipinski definition) is 2. The van der Waals surface area contributed by atoms with E-state index in [1.165, 1.54) is 0 Å². The van der Waals surface area contributed by atoms with Crippen LogP contribution in [0, 0.1) is 0 Å². The van der Waals surface area contributed by atoms with Crippen LogP contribution in [0.2, 0.25) is 5.02 Å². The molecule has 0 heterocycles. The Morgan fingerprint density at radius 3 is 2.44 bits per heavy atom. The number of nitrogens with zero attached hydrogens (tertiary/aromatic N) is 1. The van der Waals surface area contributed by atoms with E-state index >= 15 is 0 Å². The minimum Gasteiger partial charge on any atom is -1.00 e. The van der Waals surface area contributed by atoms with Crippen molar-refractivity contribution in [3.8, 4) is 0 Å². The molecule has 0 aromatic heterocycles. The third kappa shape index (κ3) is 5.45. The molecule has 0 bridgehead atoms. The van der Waals surface area contributed by atoms with E-state index in [1.807, 2.05) is 12.1 Å². The molecular weight excluding hydrogens is 245 g/mol. The Morgan fingerprint density at radius 1 is 1.31 bits per heavy atom. The summed E-state index contributed by atoms with van der Waals surface area (Å²) in [4.78, 5) is 0. The van der Waals surface area contributed by atoms with Crippen molar-refractivity contribution in [1.29, 1.82) is 0 Å². The number of benzene rings is 1. The highest BCUT2D eigenvalue weighted by atomic mass is 35.5. The summed E-state index contributed by atoms with van der Waals surface area (Å²) in [6.45, 7) is 1.94. The van der Waals surface area contributed by atoms with Crippen LogP contribution in [0.4, 0.5) is 11.4 Å². The standard InChI is InChI=1S/C11H19ClN3.ClH/c1-15(2,3)7-6-14-11-5-4-9(12)8-10(11)13;/h4-5,8,14H,6-7,13H2,1-3H3;1H/q+1;/p-1. The smallest absolute Gasteiger partial charge is 0.0955 e. The van der Waals surface area contributed by atoms with E-state index < -0.39 is 0 Å². The molecule has 0 aliphatic heterocycles. The maximum atomic E-state index is 5.82. The van der Waals surface area contributed by atoms with Crippen molar-refractivity contribution in [2.24, 2.45) is 0 Å². The predicted octanol–water partition coefficient (Wildman–Crippen LogP) is -0.956. The zero-order chi connectivity index (χ0) is 11.5. The number of rotatable bonds is 4. The molecule has 92 valence electrons. The Balaban J connectivity index is 0.00000225. The van der Waals surface area contributed by atoms with E-state index in [0.29, 0.717) is 10.7 Å². The van der Waals surface area contributed by atoms with E-state index in [9.17, 15) is 0 Å². The molecule has 0 fully saturated rings. The zero-order valence-corrected chi connectivity index (χ0v) is 11.4. The van der Waals surface area contributed by atoms with Crippen LogP contribution in [0.15, 0.2) is 18.2 Å². The average Bonchev–Trinajstić information content (AvgIpc) is 2.07. The molecule has 1 aromatic carbocycles. The molecule has 0 aliphatic rings. The van der Waals surface area contributed by atoms with Gasteiger partial charge in [0, 0.05) is 5.02 Å². The molecule has 5 heteroatoms. The summed E-state index contributed by atoms with van der Waals surface area (Å²) in [5.74, 6) is 0. The molecule has 0 radical (unpaired) electrons. The van der Waals surface area contributed by atoms with Crippen molar-refractivity contribution >= 4 is 23.0 Å². The number of anilines is 2. The number of nitrogens with two attached hydrogens (primary N) is 1. The Bertz CT molecular complexity index is 334. The van der Waals surface area contributed by atoms with Gasteiger partial charge in [0.15, 0.2) is 0 Å². The van der Waals surface area contributed by atoms with Gasteiger partial charge in [-0.25, -0.2) is 0 Å². The quantitative estimate of drug-likeness (QED) is 0.543. The monoisotopic (exact) mass is 263 g/mol. The van der Waals surface area contributed by atoms with Crippen molar-refractivity contribution < 1.29 is 16.9 Å². The third-order valence-corrected chi connectivity index (χ3v) is 2.35. The van der Waals surface area contributed by atoms with Gasteiger partial charge in [-0.2, -0.15) is 0 Å². The van der Waals surface area contributed by atoms with Crippen LogP contribution in [0.1, 0.15) is 0 Å². The van der Waals surface area contributed by atoms with Crippen LogP contribution in [0.5, 0.6) is 0 Å². The van der Waals surface area contributed by atoms with Crippen molar-refractivity contribution in [2.75, 3.05) is 45.3 Å². The van der Waals surface area contributed by atoms with Gasteiger partial charge in [-0.15, -0.1) is 0 Å². The van der Waals surface area contributed by atoms with E-state index in [-0.39, 0.29) is 12.4 Å². The normalized spacial score (nSPS) is 10.8. The Kier molecular flexibility index (Phi) is 5.94. The van der Waals surface area contributed by atoms with E-state index in [4.69, 9.17) is 17.3 Å². The molecule has 1 rings (SSSR count). The first-order valence-corrected chi connectivity index (χ1v) is 5.36. The molecule has 1 aromatic rings. The fourth-order valence-electron chi connectivity index (χ4n) is 1.22. The number of quaternary nitrogens is 1. The van der Waals surface area contributed by atoms with Crippen LogP contribution in [0.25, 0.3) is 0 Å². The molecule has 0 saturated carbocycles. The highest BCUT2D eigenvalue weighted by Crippen LogP contribution is 2.22. The molecule has 3 N–H and O–H groups in total. The van der Waals surface area contributed by atoms with Crippen LogP contribution in [-0.2, 0) is 0 Å². The maximum absolute atomic E-state index is 5.82. The molecular formula is C11H19Cl2N3. The zero-order valence-electron chi connectivity index (χ0n) is 9.93. The summed E-state index contributed by atoms with van der Waals surface area (Å²) in [6, 6.07) is 5.51. The first-order valence-electron chi connectivity index (χ1n) is 4.98. The summed E-state index contributed by atoms with van der Waals surface area (Å²) in [5.41, 5.74) is 7.47. The van der Waals surface area contributed by atoms with Gasteiger partial charge in [-0.3, -0.25) is 0 Å². The number of hydrogen-bond donors (Lipinski definition) is 2. The van der Waals surface area contributed by atoms with E-state index in [1.54, 1.807) is 6.07 Å². The van der Waals surface area contributed by atoms with Crippen LogP contribution >= 0.6 is 11.6 Å². The molecule has 0 aliphatic carbocycles. The Morgan fingerprint density at radius 2 is 1.94 bits per heavy atom. The molecule has 0 spiro atoms. The molecule has 16 heavy (non-hydrogen) atoms. The largest absolute Gasteiger partial charge is 1.00 e. The van der Waals surface area contributed by atoms with Gasteiger partial charge < -0.3 is 27.9 Å². The lowest BCUT2D eigenvalue weighted by molar-refractivity contribution is -0.868. The van der Waals surface area contributed by atoms with Gasteiger partial charge in [0.2, 0.25) is 0 Å². The lowest BCUT2D eigenvalue weighted by Crippen LogP contribution is -3.00. The van der Waals surface area contributed by atoms with Gasteiger partial charge in [0.25, 0.3) is 0 Å². The lowest BCUT2D eigenvalue weighted by Gasteiger charge is -2.24. The van der Waals surface area contributed by atoms with Crippen LogP contribution < -0.4 is 23.5 Å². The molecule has 0 atom stereocenters. The highest BCUT2D eigenvalue weighted by molar-refractivity contribution is 6.31. The number of halogens is 2. The van der Waals surface area contributed by atoms with E-state index in [2.05, 4.69) is 26.5 Å². The third-order valence-electron chi connectivity index (χ3n) is 2.11. The summed E-state index contributed by atoms with van der Waals surface area (Å²) >= 11 is 5.81. The molecule has 0 unspecified atom stereocenters. The maximum Gasteiger partial charge on any atom is 0.0955 e. The number of likely N-dealkylation sites (N-methyl/N-ethyl adjacent to an activating group) is 1. The molecule has 0 amide bonds. The lowest BCUT2D eigenvalue weighted by atomic mass is 10.2. The van der Waals surface area contributed by atoms with Crippen molar-refractivity contribution in [2.45, 2.75) is 0 Å². The second-order valence-electron chi connectivity index (χ2n) is 4.67. The number of nitrogens with one attached hydrogen (secondary N) is 1. The first-order chi connectivity index (χ1) is 6.88. The van der Waals surface area contributed by atoms with Crippen LogP contribution in [0.3, 0.4) is 0 Å². The van der Waals surface area contributed by atoms with Crippen molar-refractivity contribution in [3.63, 3.8) is 0 Å². The number of nitrogen functional groups attached to an aromatic ring is 1. The second-order valence-corrected chi connectivity index (χ2v) is 5.11. The van der Waals surface area contributed by atoms with Crippen LogP contribution in [-0.4, -0.2) is 38.7 Å². The van der Waals surface area contributed by atoms with Crippen molar-refractivity contribution in [3.05, 3.63) is 23.2 Å². The SMILES string of the molecule is C[N+](C)(C)CCNc1ccc(Cl)cc1N.[Cl-]. The Hall–Kier alpha value is -0.640. The van der Waals surface area contributed by atoms with Gasteiger partial charge in [0.1, 0.15) is 0 Å². The first kappa shape index (κ1) is 15.4. The molecule has 0 saturated heterocycles. The summed E-state index contributed by atoms with van der Waals surface area (Å²) in [7, 11) is 6.48. The van der Waals surface area contributed by atoms with Gasteiger partial charge >= 0.3 is 0 Å². The minimum atomic E-state index is 0. The summed E-state index contributed by atoms with van der Waals surface area (Å²) in [5, 5.41) is 3.97. The summed E-state index contributed by atoms with van der Waals surface area (Å²) < 4.78 is 0.931. The predicted molar refractivity (Wildman–Crippen MR) is 67.3 cm³/mol. The van der Waals surface area contributed by atoms with Gasteiger partial charge in [-0.1, -0.05) is 11.6 Å². The topological polar surface area (TPSA) is 38.0 Å². The highest BCUT2D eigenvalue weighted by Gasteiger charge is 2.06. The Labute approximate surface area is 109 Å². The fraction of sp³-hybridized carbons (Fsp3) is 0.455. The van der Waals surface area contributed by atoms with Gasteiger partial charge in [-0.05, 0) is 18.2 Å². The van der Waals surface area contributed by atoms with E-state index in [0.717, 1.165) is 23.3 Å². The fourth-order valence-corrected chi connectivity index (χ4v) is 1.40. The second kappa shape index (κ2) is 6.18. The average molecular weight is 264 g/mol. The molecule has 3 nitrogen and oxygen atoms in total.